The lowest BCUT2D eigenvalue weighted by Gasteiger charge is -2.07. The minimum atomic E-state index is -0.608. The van der Waals surface area contributed by atoms with E-state index in [9.17, 15) is 5.11 Å². The second-order valence-electron chi connectivity index (χ2n) is 3.48. The third kappa shape index (κ3) is 2.22. The van der Waals surface area contributed by atoms with E-state index in [0.29, 0.717) is 0 Å². The van der Waals surface area contributed by atoms with E-state index in [0.717, 1.165) is 21.0 Å². The molecular weight excluding hydrogens is 208 g/mol. The molecule has 2 rings (SSSR count). The molecule has 0 saturated carbocycles. The van der Waals surface area contributed by atoms with Crippen molar-refractivity contribution in [1.29, 1.82) is 0 Å². The molecule has 1 unspecified atom stereocenters. The van der Waals surface area contributed by atoms with Gasteiger partial charge in [0.05, 0.1) is 9.88 Å². The SMILES string of the molecule is Cc1cncc(C(O)c2cnc(C)s2)c1. The van der Waals surface area contributed by atoms with Gasteiger partial charge in [0.15, 0.2) is 0 Å². The molecule has 0 aliphatic carbocycles. The van der Waals surface area contributed by atoms with Crippen molar-refractivity contribution in [3.63, 3.8) is 0 Å². The van der Waals surface area contributed by atoms with Gasteiger partial charge in [0.1, 0.15) is 6.10 Å². The quantitative estimate of drug-likeness (QED) is 0.844. The monoisotopic (exact) mass is 220 g/mol. The van der Waals surface area contributed by atoms with Crippen LogP contribution in [0, 0.1) is 13.8 Å². The Hall–Kier alpha value is -1.26. The molecule has 1 N–H and O–H groups in total. The van der Waals surface area contributed by atoms with Crippen LogP contribution in [0.25, 0.3) is 0 Å². The smallest absolute Gasteiger partial charge is 0.116 e. The van der Waals surface area contributed by atoms with Crippen molar-refractivity contribution in [3.8, 4) is 0 Å². The predicted molar refractivity (Wildman–Crippen MR) is 59.9 cm³/mol. The van der Waals surface area contributed by atoms with Crippen molar-refractivity contribution in [2.45, 2.75) is 20.0 Å². The fourth-order valence-electron chi connectivity index (χ4n) is 1.40. The second kappa shape index (κ2) is 4.08. The summed E-state index contributed by atoms with van der Waals surface area (Å²) in [5.41, 5.74) is 1.87. The van der Waals surface area contributed by atoms with E-state index in [1.54, 1.807) is 18.6 Å². The number of aromatic nitrogens is 2. The highest BCUT2D eigenvalue weighted by atomic mass is 32.1. The van der Waals surface area contributed by atoms with E-state index in [-0.39, 0.29) is 0 Å². The van der Waals surface area contributed by atoms with Crippen molar-refractivity contribution in [1.82, 2.24) is 9.97 Å². The molecule has 3 nitrogen and oxygen atoms in total. The number of hydrogen-bond acceptors (Lipinski definition) is 4. The minimum Gasteiger partial charge on any atom is -0.383 e. The summed E-state index contributed by atoms with van der Waals surface area (Å²) in [6.07, 6.45) is 4.57. The van der Waals surface area contributed by atoms with Gasteiger partial charge in [-0.25, -0.2) is 4.98 Å². The summed E-state index contributed by atoms with van der Waals surface area (Å²) in [6, 6.07) is 1.94. The summed E-state index contributed by atoms with van der Waals surface area (Å²) in [5.74, 6) is 0. The van der Waals surface area contributed by atoms with Crippen LogP contribution in [0.1, 0.15) is 27.1 Å². The first-order valence-corrected chi connectivity index (χ1v) is 5.50. The number of aliphatic hydroxyl groups is 1. The Labute approximate surface area is 92.5 Å². The molecule has 0 amide bonds. The highest BCUT2D eigenvalue weighted by molar-refractivity contribution is 7.11. The summed E-state index contributed by atoms with van der Waals surface area (Å²) in [7, 11) is 0. The van der Waals surface area contributed by atoms with Gasteiger partial charge in [0.25, 0.3) is 0 Å². The van der Waals surface area contributed by atoms with Gasteiger partial charge < -0.3 is 5.11 Å². The van der Waals surface area contributed by atoms with E-state index < -0.39 is 6.10 Å². The molecule has 0 radical (unpaired) electrons. The van der Waals surface area contributed by atoms with Gasteiger partial charge in [0.2, 0.25) is 0 Å². The minimum absolute atomic E-state index is 0.608. The molecule has 15 heavy (non-hydrogen) atoms. The van der Waals surface area contributed by atoms with Crippen molar-refractivity contribution in [2.75, 3.05) is 0 Å². The van der Waals surface area contributed by atoms with Crippen molar-refractivity contribution >= 4 is 11.3 Å². The Bertz CT molecular complexity index is 467. The largest absolute Gasteiger partial charge is 0.383 e. The summed E-state index contributed by atoms with van der Waals surface area (Å²) in [5, 5.41) is 11.0. The number of aliphatic hydroxyl groups excluding tert-OH is 1. The molecule has 4 heteroatoms. The van der Waals surface area contributed by atoms with Gasteiger partial charge in [-0.15, -0.1) is 11.3 Å². The van der Waals surface area contributed by atoms with Crippen LogP contribution in [0.15, 0.2) is 24.7 Å². The maximum absolute atomic E-state index is 10.1. The van der Waals surface area contributed by atoms with Crippen LogP contribution < -0.4 is 0 Å². The normalized spacial score (nSPS) is 12.7. The molecule has 0 aliphatic rings. The van der Waals surface area contributed by atoms with E-state index in [1.165, 1.54) is 11.3 Å². The van der Waals surface area contributed by atoms with Gasteiger partial charge >= 0.3 is 0 Å². The fourth-order valence-corrected chi connectivity index (χ4v) is 2.20. The number of aryl methyl sites for hydroxylation is 2. The third-order valence-electron chi connectivity index (χ3n) is 2.12. The second-order valence-corrected chi connectivity index (χ2v) is 4.75. The first kappa shape index (κ1) is 10.3. The first-order valence-electron chi connectivity index (χ1n) is 4.69. The highest BCUT2D eigenvalue weighted by Gasteiger charge is 2.13. The zero-order chi connectivity index (χ0) is 10.8. The van der Waals surface area contributed by atoms with Crippen LogP contribution in [0.3, 0.4) is 0 Å². The fraction of sp³-hybridized carbons (Fsp3) is 0.273. The van der Waals surface area contributed by atoms with Crippen LogP contribution in [-0.4, -0.2) is 15.1 Å². The Morgan fingerprint density at radius 3 is 2.67 bits per heavy atom. The van der Waals surface area contributed by atoms with Gasteiger partial charge in [-0.3, -0.25) is 4.98 Å². The van der Waals surface area contributed by atoms with Crippen LogP contribution in [-0.2, 0) is 0 Å². The Balaban J connectivity index is 2.32. The highest BCUT2D eigenvalue weighted by Crippen LogP contribution is 2.26. The maximum atomic E-state index is 10.1. The molecule has 2 aromatic heterocycles. The Kier molecular flexibility index (Phi) is 2.79. The number of nitrogens with zero attached hydrogens (tertiary/aromatic N) is 2. The van der Waals surface area contributed by atoms with Gasteiger partial charge in [-0.05, 0) is 19.4 Å². The molecule has 2 aromatic rings. The number of hydrogen-bond donors (Lipinski definition) is 1. The summed E-state index contributed by atoms with van der Waals surface area (Å²) in [6.45, 7) is 3.89. The molecule has 0 saturated heterocycles. The van der Waals surface area contributed by atoms with E-state index in [4.69, 9.17) is 0 Å². The number of thiazole rings is 1. The lowest BCUT2D eigenvalue weighted by molar-refractivity contribution is 0.223. The van der Waals surface area contributed by atoms with Crippen LogP contribution in [0.2, 0.25) is 0 Å². The van der Waals surface area contributed by atoms with Crippen molar-refractivity contribution in [3.05, 3.63) is 45.7 Å². The summed E-state index contributed by atoms with van der Waals surface area (Å²) in [4.78, 5) is 9.05. The van der Waals surface area contributed by atoms with Crippen molar-refractivity contribution < 1.29 is 5.11 Å². The zero-order valence-corrected chi connectivity index (χ0v) is 9.45. The summed E-state index contributed by atoms with van der Waals surface area (Å²) >= 11 is 1.51. The molecular formula is C11H12N2OS. The molecule has 0 spiro atoms. The van der Waals surface area contributed by atoms with Gasteiger partial charge in [-0.2, -0.15) is 0 Å². The van der Waals surface area contributed by atoms with Crippen LogP contribution in [0.4, 0.5) is 0 Å². The molecule has 0 bridgehead atoms. The van der Waals surface area contributed by atoms with E-state index in [2.05, 4.69) is 9.97 Å². The topological polar surface area (TPSA) is 46.0 Å². The lowest BCUT2D eigenvalue weighted by atomic mass is 10.1. The molecule has 2 heterocycles. The zero-order valence-electron chi connectivity index (χ0n) is 8.64. The van der Waals surface area contributed by atoms with E-state index in [1.807, 2.05) is 19.9 Å². The van der Waals surface area contributed by atoms with E-state index >= 15 is 0 Å². The predicted octanol–water partition coefficient (Wildman–Crippen LogP) is 2.24. The number of rotatable bonds is 2. The average molecular weight is 220 g/mol. The lowest BCUT2D eigenvalue weighted by Crippen LogP contribution is -1.98. The molecule has 0 aliphatic heterocycles. The molecule has 1 atom stereocenters. The average Bonchev–Trinajstić information content (AvgIpc) is 2.64. The molecule has 0 fully saturated rings. The Morgan fingerprint density at radius 2 is 2.07 bits per heavy atom. The first-order chi connectivity index (χ1) is 7.16. The Morgan fingerprint density at radius 1 is 1.27 bits per heavy atom. The van der Waals surface area contributed by atoms with Crippen molar-refractivity contribution in [2.24, 2.45) is 0 Å². The van der Waals surface area contributed by atoms with Gasteiger partial charge in [0, 0.05) is 24.2 Å². The summed E-state index contributed by atoms with van der Waals surface area (Å²) < 4.78 is 0. The van der Waals surface area contributed by atoms with Crippen LogP contribution >= 0.6 is 11.3 Å². The third-order valence-corrected chi connectivity index (χ3v) is 3.09. The number of pyridine rings is 1. The molecule has 78 valence electrons. The van der Waals surface area contributed by atoms with Gasteiger partial charge in [-0.1, -0.05) is 6.07 Å². The maximum Gasteiger partial charge on any atom is 0.116 e. The molecule has 0 aromatic carbocycles. The standard InChI is InChI=1S/C11H12N2OS/c1-7-3-9(5-12-4-7)11(14)10-6-13-8(2)15-10/h3-6,11,14H,1-2H3. The van der Waals surface area contributed by atoms with Crippen LogP contribution in [0.5, 0.6) is 0 Å².